The van der Waals surface area contributed by atoms with Crippen LogP contribution in [0.1, 0.15) is 16.7 Å². The highest BCUT2D eigenvalue weighted by molar-refractivity contribution is 6.04. The number of aliphatic hydroxyl groups excluding tert-OH is 1. The summed E-state index contributed by atoms with van der Waals surface area (Å²) in [5.74, 6) is 0.802. The van der Waals surface area contributed by atoms with Gasteiger partial charge in [-0.2, -0.15) is 0 Å². The fourth-order valence-electron chi connectivity index (χ4n) is 4.18. The number of hydrogen-bond donors (Lipinski definition) is 2. The maximum atomic E-state index is 13.1. The number of amides is 3. The summed E-state index contributed by atoms with van der Waals surface area (Å²) in [5.41, 5.74) is 3.29. The number of aliphatic hydroxyl groups is 1. The summed E-state index contributed by atoms with van der Waals surface area (Å²) in [5, 5.41) is 14.0. The number of aliphatic imine (C=N–C) groups is 1. The van der Waals surface area contributed by atoms with E-state index in [0.717, 1.165) is 16.0 Å². The Balaban J connectivity index is 1.53. The Labute approximate surface area is 199 Å². The van der Waals surface area contributed by atoms with Gasteiger partial charge in [0.25, 0.3) is 5.91 Å². The minimum Gasteiger partial charge on any atom is -0.491 e. The van der Waals surface area contributed by atoms with Crippen molar-refractivity contribution in [3.8, 4) is 5.75 Å². The molecule has 3 atom stereocenters. The molecule has 0 aromatic heterocycles. The third-order valence-corrected chi connectivity index (χ3v) is 6.36. The second kappa shape index (κ2) is 9.72. The number of β-amino-alcohol motifs (C(OH)–C–C–N with tert-alkyl or cyclic N) is 1. The van der Waals surface area contributed by atoms with Crippen LogP contribution in [0.25, 0.3) is 0 Å². The average molecular weight is 466 g/mol. The molecule has 2 aromatic carbocycles. The summed E-state index contributed by atoms with van der Waals surface area (Å²) in [6.07, 6.45) is -1.45. The van der Waals surface area contributed by atoms with Gasteiger partial charge in [0.15, 0.2) is 12.0 Å². The Kier molecular flexibility index (Phi) is 6.74. The number of nitrogens with zero attached hydrogens (tertiary/aromatic N) is 4. The van der Waals surface area contributed by atoms with Crippen molar-refractivity contribution in [1.29, 1.82) is 0 Å². The molecule has 0 radical (unpaired) electrons. The summed E-state index contributed by atoms with van der Waals surface area (Å²) in [6.45, 7) is 4.61. The van der Waals surface area contributed by atoms with Crippen LogP contribution < -0.4 is 10.1 Å². The van der Waals surface area contributed by atoms with Crippen molar-refractivity contribution < 1.29 is 19.4 Å². The van der Waals surface area contributed by atoms with Gasteiger partial charge in [0, 0.05) is 14.1 Å². The number of likely N-dealkylation sites (N-methyl/N-ethyl adjacent to an activating group) is 2. The van der Waals surface area contributed by atoms with Gasteiger partial charge in [-0.3, -0.25) is 9.69 Å². The SMILES string of the molecule is Cc1ccc(OCC(O)CN2C(=NCc3ccccc3)NC3C2C(=O)N(C)C(=O)N3C)cc1C. The number of carbonyl (C=O) groups excluding carboxylic acids is 2. The van der Waals surface area contributed by atoms with Crippen LogP contribution in [0.4, 0.5) is 4.79 Å². The number of carbonyl (C=O) groups is 2. The number of hydrogen-bond acceptors (Lipinski definition) is 5. The lowest BCUT2D eigenvalue weighted by Crippen LogP contribution is -2.65. The topological polar surface area (TPSA) is 97.7 Å². The van der Waals surface area contributed by atoms with Crippen LogP contribution in [0.3, 0.4) is 0 Å². The third-order valence-electron chi connectivity index (χ3n) is 6.36. The van der Waals surface area contributed by atoms with Gasteiger partial charge in [0.2, 0.25) is 0 Å². The van der Waals surface area contributed by atoms with Gasteiger partial charge in [-0.15, -0.1) is 0 Å². The zero-order valence-electron chi connectivity index (χ0n) is 19.9. The van der Waals surface area contributed by atoms with Crippen LogP contribution >= 0.6 is 0 Å². The first kappa shape index (κ1) is 23.6. The molecule has 3 unspecified atom stereocenters. The molecule has 9 nitrogen and oxygen atoms in total. The van der Waals surface area contributed by atoms with Crippen LogP contribution in [0.5, 0.6) is 5.75 Å². The molecule has 4 rings (SSSR count). The van der Waals surface area contributed by atoms with E-state index in [4.69, 9.17) is 4.74 Å². The molecule has 0 bridgehead atoms. The van der Waals surface area contributed by atoms with Gasteiger partial charge in [-0.25, -0.2) is 9.79 Å². The van der Waals surface area contributed by atoms with Crippen molar-refractivity contribution in [1.82, 2.24) is 20.0 Å². The molecule has 3 amide bonds. The first-order valence-corrected chi connectivity index (χ1v) is 11.3. The molecule has 2 saturated heterocycles. The minimum absolute atomic E-state index is 0.0567. The van der Waals surface area contributed by atoms with Gasteiger partial charge in [0.1, 0.15) is 24.6 Å². The maximum absolute atomic E-state index is 13.1. The summed E-state index contributed by atoms with van der Waals surface area (Å²) >= 11 is 0. The molecule has 180 valence electrons. The van der Waals surface area contributed by atoms with Crippen molar-refractivity contribution in [2.45, 2.75) is 38.7 Å². The second-order valence-electron chi connectivity index (χ2n) is 8.81. The number of nitrogens with one attached hydrogen (secondary N) is 1. The van der Waals surface area contributed by atoms with E-state index in [0.29, 0.717) is 18.3 Å². The number of rotatable bonds is 7. The van der Waals surface area contributed by atoms with Gasteiger partial charge < -0.3 is 25.0 Å². The van der Waals surface area contributed by atoms with Gasteiger partial charge in [-0.1, -0.05) is 36.4 Å². The summed E-state index contributed by atoms with van der Waals surface area (Å²) in [4.78, 5) is 34.5. The molecule has 2 fully saturated rings. The molecule has 2 aliphatic heterocycles. The number of benzene rings is 2. The number of ether oxygens (including phenoxy) is 1. The van der Waals surface area contributed by atoms with Crippen molar-refractivity contribution in [3.63, 3.8) is 0 Å². The van der Waals surface area contributed by atoms with E-state index < -0.39 is 18.3 Å². The standard InChI is InChI=1S/C25H31N5O4/c1-16-10-11-20(12-17(16)2)34-15-19(31)14-30-21-22(28(3)25(33)29(4)23(21)32)27-24(30)26-13-18-8-6-5-7-9-18/h5-12,19,21-22,31H,13-15H2,1-4H3,(H,26,27). The highest BCUT2D eigenvalue weighted by Gasteiger charge is 2.52. The second-order valence-corrected chi connectivity index (χ2v) is 8.81. The molecule has 2 N–H and O–H groups in total. The molecule has 2 aliphatic rings. The van der Waals surface area contributed by atoms with Gasteiger partial charge >= 0.3 is 6.03 Å². The smallest absolute Gasteiger partial charge is 0.327 e. The Hall–Kier alpha value is -3.59. The maximum Gasteiger partial charge on any atom is 0.327 e. The molecule has 0 saturated carbocycles. The lowest BCUT2D eigenvalue weighted by molar-refractivity contribution is -0.136. The van der Waals surface area contributed by atoms with Crippen molar-refractivity contribution >= 4 is 17.9 Å². The number of aryl methyl sites for hydroxylation is 2. The van der Waals surface area contributed by atoms with Crippen molar-refractivity contribution in [2.24, 2.45) is 4.99 Å². The first-order valence-electron chi connectivity index (χ1n) is 11.3. The number of imide groups is 1. The largest absolute Gasteiger partial charge is 0.491 e. The molecular formula is C25H31N5O4. The Bertz CT molecular complexity index is 1090. The van der Waals surface area contributed by atoms with Crippen molar-refractivity contribution in [2.75, 3.05) is 27.2 Å². The van der Waals surface area contributed by atoms with E-state index in [-0.39, 0.29) is 25.1 Å². The molecule has 2 heterocycles. The predicted octanol–water partition coefficient (Wildman–Crippen LogP) is 1.72. The first-order chi connectivity index (χ1) is 16.3. The third kappa shape index (κ3) is 4.70. The van der Waals surface area contributed by atoms with E-state index in [1.54, 1.807) is 11.9 Å². The zero-order valence-corrected chi connectivity index (χ0v) is 19.9. The molecule has 9 heteroatoms. The Morgan fingerprint density at radius 1 is 1.09 bits per heavy atom. The summed E-state index contributed by atoms with van der Waals surface area (Å²) < 4.78 is 5.80. The van der Waals surface area contributed by atoms with Crippen LogP contribution in [0.15, 0.2) is 53.5 Å². The quantitative estimate of drug-likeness (QED) is 0.646. The van der Waals surface area contributed by atoms with E-state index >= 15 is 0 Å². The number of guanidine groups is 1. The Morgan fingerprint density at radius 3 is 2.53 bits per heavy atom. The van der Waals surface area contributed by atoms with E-state index in [1.165, 1.54) is 17.5 Å². The van der Waals surface area contributed by atoms with Crippen LogP contribution in [0, 0.1) is 13.8 Å². The minimum atomic E-state index is -0.884. The number of urea groups is 1. The molecule has 0 aliphatic carbocycles. The fraction of sp³-hybridized carbons (Fsp3) is 0.400. The molecule has 34 heavy (non-hydrogen) atoms. The zero-order chi connectivity index (χ0) is 24.4. The Morgan fingerprint density at radius 2 is 1.82 bits per heavy atom. The lowest BCUT2D eigenvalue weighted by atomic mass is 10.1. The molecule has 2 aromatic rings. The number of fused-ring (bicyclic) bond motifs is 1. The molecule has 0 spiro atoms. The van der Waals surface area contributed by atoms with Crippen molar-refractivity contribution in [3.05, 3.63) is 65.2 Å². The van der Waals surface area contributed by atoms with Crippen LogP contribution in [-0.2, 0) is 11.3 Å². The highest BCUT2D eigenvalue weighted by Crippen LogP contribution is 2.25. The predicted molar refractivity (Wildman–Crippen MR) is 128 cm³/mol. The van der Waals surface area contributed by atoms with Crippen LogP contribution in [-0.4, -0.2) is 83.3 Å². The average Bonchev–Trinajstić information content (AvgIpc) is 3.19. The van der Waals surface area contributed by atoms with E-state index in [1.807, 2.05) is 62.4 Å². The fourth-order valence-corrected chi connectivity index (χ4v) is 4.18. The highest BCUT2D eigenvalue weighted by atomic mass is 16.5. The normalized spacial score (nSPS) is 22.1. The summed E-state index contributed by atoms with van der Waals surface area (Å²) in [6, 6.07) is 14.4. The lowest BCUT2D eigenvalue weighted by Gasteiger charge is -2.39. The van der Waals surface area contributed by atoms with E-state index in [2.05, 4.69) is 10.3 Å². The van der Waals surface area contributed by atoms with Crippen LogP contribution in [0.2, 0.25) is 0 Å². The van der Waals surface area contributed by atoms with Gasteiger partial charge in [0.05, 0.1) is 13.1 Å². The van der Waals surface area contributed by atoms with E-state index in [9.17, 15) is 14.7 Å². The van der Waals surface area contributed by atoms with Gasteiger partial charge in [-0.05, 0) is 42.7 Å². The monoisotopic (exact) mass is 465 g/mol. The molecular weight excluding hydrogens is 434 g/mol. The summed E-state index contributed by atoms with van der Waals surface area (Å²) in [7, 11) is 3.11.